The van der Waals surface area contributed by atoms with Crippen LogP contribution in [-0.4, -0.2) is 87.0 Å². The number of aliphatic hydroxyl groups excluding tert-OH is 1. The van der Waals surface area contributed by atoms with Gasteiger partial charge in [0, 0.05) is 18.7 Å². The standard InChI is InChI=1S/C20H28N4O7S/c21-13(9-25)19(29)24-7-1-2-16(24)18(28)23-15(10-32)17(27)22-14(20(30)31)8-11-3-5-12(26)6-4-11/h3-6,13-16,25-26,32H,1-2,7-10,21H2,(H,22,27)(H,23,28)(H,30,31). The lowest BCUT2D eigenvalue weighted by molar-refractivity contribution is -0.143. The molecule has 0 bridgehead atoms. The second-order valence-electron chi connectivity index (χ2n) is 7.49. The number of benzene rings is 1. The predicted octanol–water partition coefficient (Wildman–Crippen LogP) is -1.77. The second kappa shape index (κ2) is 11.7. The number of carboxylic acid groups (broad SMARTS) is 1. The molecular weight excluding hydrogens is 440 g/mol. The summed E-state index contributed by atoms with van der Waals surface area (Å²) in [6.45, 7) is -0.251. The van der Waals surface area contributed by atoms with Crippen LogP contribution in [0.25, 0.3) is 0 Å². The van der Waals surface area contributed by atoms with Crippen molar-refractivity contribution >= 4 is 36.3 Å². The van der Waals surface area contributed by atoms with Crippen molar-refractivity contribution in [3.05, 3.63) is 29.8 Å². The number of nitrogens with one attached hydrogen (secondary N) is 2. The Morgan fingerprint density at radius 2 is 1.81 bits per heavy atom. The molecule has 3 amide bonds. The lowest BCUT2D eigenvalue weighted by Gasteiger charge is -2.28. The van der Waals surface area contributed by atoms with Gasteiger partial charge in [0.2, 0.25) is 17.7 Å². The van der Waals surface area contributed by atoms with Crippen molar-refractivity contribution in [1.29, 1.82) is 0 Å². The maximum absolute atomic E-state index is 12.7. The minimum atomic E-state index is -1.27. The van der Waals surface area contributed by atoms with Gasteiger partial charge in [-0.25, -0.2) is 4.79 Å². The summed E-state index contributed by atoms with van der Waals surface area (Å²) in [7, 11) is 0. The van der Waals surface area contributed by atoms with Crippen molar-refractivity contribution in [2.24, 2.45) is 5.73 Å². The molecule has 2 rings (SSSR count). The minimum Gasteiger partial charge on any atom is -0.508 e. The predicted molar refractivity (Wildman–Crippen MR) is 117 cm³/mol. The molecule has 11 nitrogen and oxygen atoms in total. The SMILES string of the molecule is NC(CO)C(=O)N1CCCC1C(=O)NC(CS)C(=O)NC(Cc1ccc(O)cc1)C(=O)O. The normalized spacial score (nSPS) is 18.5. The average molecular weight is 469 g/mol. The summed E-state index contributed by atoms with van der Waals surface area (Å²) in [6.07, 6.45) is 0.904. The number of carbonyl (C=O) groups excluding carboxylic acids is 3. The molecule has 0 saturated carbocycles. The molecule has 0 radical (unpaired) electrons. The highest BCUT2D eigenvalue weighted by Gasteiger charge is 2.37. The number of aliphatic carboxylic acids is 1. The number of hydrogen-bond acceptors (Lipinski definition) is 8. The minimum absolute atomic E-state index is 0.0292. The smallest absolute Gasteiger partial charge is 0.326 e. The van der Waals surface area contributed by atoms with Crippen molar-refractivity contribution in [3.63, 3.8) is 0 Å². The Morgan fingerprint density at radius 3 is 2.38 bits per heavy atom. The largest absolute Gasteiger partial charge is 0.508 e. The van der Waals surface area contributed by atoms with Crippen LogP contribution in [0, 0.1) is 0 Å². The van der Waals surface area contributed by atoms with Gasteiger partial charge in [-0.1, -0.05) is 12.1 Å². The number of phenols is 1. The van der Waals surface area contributed by atoms with E-state index in [0.29, 0.717) is 24.9 Å². The molecule has 1 fully saturated rings. The van der Waals surface area contributed by atoms with Gasteiger partial charge in [0.15, 0.2) is 0 Å². The number of nitrogens with two attached hydrogens (primary N) is 1. The Balaban J connectivity index is 2.02. The molecule has 32 heavy (non-hydrogen) atoms. The summed E-state index contributed by atoms with van der Waals surface area (Å²) in [5.74, 6) is -3.21. The molecule has 0 spiro atoms. The summed E-state index contributed by atoms with van der Waals surface area (Å²) in [5.41, 5.74) is 6.16. The molecule has 1 aliphatic rings. The number of rotatable bonds is 10. The van der Waals surface area contributed by atoms with Gasteiger partial charge < -0.3 is 36.6 Å². The van der Waals surface area contributed by atoms with Crippen LogP contribution in [0.1, 0.15) is 18.4 Å². The van der Waals surface area contributed by atoms with E-state index in [0.717, 1.165) is 0 Å². The zero-order valence-corrected chi connectivity index (χ0v) is 18.2. The quantitative estimate of drug-likeness (QED) is 0.197. The van der Waals surface area contributed by atoms with E-state index in [-0.39, 0.29) is 17.9 Å². The van der Waals surface area contributed by atoms with E-state index in [4.69, 9.17) is 10.8 Å². The van der Waals surface area contributed by atoms with Crippen LogP contribution in [0.3, 0.4) is 0 Å². The van der Waals surface area contributed by atoms with Crippen LogP contribution in [0.2, 0.25) is 0 Å². The Kier molecular flexibility index (Phi) is 9.29. The fourth-order valence-corrected chi connectivity index (χ4v) is 3.65. The van der Waals surface area contributed by atoms with E-state index >= 15 is 0 Å². The zero-order valence-electron chi connectivity index (χ0n) is 17.3. The van der Waals surface area contributed by atoms with Gasteiger partial charge >= 0.3 is 5.97 Å². The van der Waals surface area contributed by atoms with Crippen molar-refractivity contribution in [2.75, 3.05) is 18.9 Å². The molecule has 1 heterocycles. The highest BCUT2D eigenvalue weighted by Crippen LogP contribution is 2.18. The van der Waals surface area contributed by atoms with E-state index < -0.39 is 54.5 Å². The molecule has 4 unspecified atom stereocenters. The number of hydrogen-bond donors (Lipinski definition) is 7. The lowest BCUT2D eigenvalue weighted by Crippen LogP contribution is -2.57. The maximum Gasteiger partial charge on any atom is 0.326 e. The number of carbonyl (C=O) groups is 4. The third-order valence-corrected chi connectivity index (χ3v) is 5.52. The van der Waals surface area contributed by atoms with E-state index in [1.54, 1.807) is 0 Å². The molecule has 1 aromatic rings. The second-order valence-corrected chi connectivity index (χ2v) is 7.86. The van der Waals surface area contributed by atoms with Crippen molar-refractivity contribution in [3.8, 4) is 5.75 Å². The van der Waals surface area contributed by atoms with Gasteiger partial charge in [-0.15, -0.1) is 0 Å². The summed E-state index contributed by atoms with van der Waals surface area (Å²) in [4.78, 5) is 50.5. The summed E-state index contributed by atoms with van der Waals surface area (Å²) in [6, 6.07) is 1.52. The molecule has 12 heteroatoms. The van der Waals surface area contributed by atoms with E-state index in [2.05, 4.69) is 23.3 Å². The fourth-order valence-electron chi connectivity index (χ4n) is 3.40. The van der Waals surface area contributed by atoms with Gasteiger partial charge in [-0.05, 0) is 30.5 Å². The number of aliphatic hydroxyl groups is 1. The first kappa shape index (κ1) is 25.4. The summed E-state index contributed by atoms with van der Waals surface area (Å²) in [5, 5.41) is 32.8. The number of carboxylic acids is 1. The van der Waals surface area contributed by atoms with Crippen LogP contribution in [0.15, 0.2) is 24.3 Å². The first-order valence-electron chi connectivity index (χ1n) is 10.1. The third-order valence-electron chi connectivity index (χ3n) is 5.16. The third kappa shape index (κ3) is 6.58. The van der Waals surface area contributed by atoms with Crippen LogP contribution in [0.4, 0.5) is 0 Å². The molecule has 1 aliphatic heterocycles. The van der Waals surface area contributed by atoms with Gasteiger partial charge in [0.25, 0.3) is 0 Å². The van der Waals surface area contributed by atoms with E-state index in [1.165, 1.54) is 29.2 Å². The maximum atomic E-state index is 12.7. The monoisotopic (exact) mass is 468 g/mol. The van der Waals surface area contributed by atoms with Crippen LogP contribution < -0.4 is 16.4 Å². The van der Waals surface area contributed by atoms with Crippen molar-refractivity contribution < 1.29 is 34.5 Å². The topological polar surface area (TPSA) is 182 Å². The summed E-state index contributed by atoms with van der Waals surface area (Å²) >= 11 is 4.08. The lowest BCUT2D eigenvalue weighted by atomic mass is 10.1. The fraction of sp³-hybridized carbons (Fsp3) is 0.500. The Bertz CT molecular complexity index is 836. The Hall–Kier alpha value is -2.83. The number of aromatic hydroxyl groups is 1. The first-order valence-corrected chi connectivity index (χ1v) is 10.7. The Labute approximate surface area is 190 Å². The molecule has 7 N–H and O–H groups in total. The summed E-state index contributed by atoms with van der Waals surface area (Å²) < 4.78 is 0. The molecule has 4 atom stereocenters. The van der Waals surface area contributed by atoms with E-state index in [9.17, 15) is 29.4 Å². The molecule has 1 saturated heterocycles. The number of likely N-dealkylation sites (tertiary alicyclic amines) is 1. The van der Waals surface area contributed by atoms with Gasteiger partial charge in [-0.2, -0.15) is 12.6 Å². The van der Waals surface area contributed by atoms with E-state index in [1.807, 2.05) is 0 Å². The first-order chi connectivity index (χ1) is 15.2. The number of thiol groups is 1. The van der Waals surface area contributed by atoms with Gasteiger partial charge in [0.05, 0.1) is 6.61 Å². The Morgan fingerprint density at radius 1 is 1.16 bits per heavy atom. The number of phenolic OH excluding ortho intramolecular Hbond substituents is 1. The van der Waals surface area contributed by atoms with Gasteiger partial charge in [-0.3, -0.25) is 14.4 Å². The highest BCUT2D eigenvalue weighted by molar-refractivity contribution is 7.80. The zero-order chi connectivity index (χ0) is 23.8. The molecule has 0 aromatic heterocycles. The number of amides is 3. The molecular formula is C20H28N4O7S. The average Bonchev–Trinajstić information content (AvgIpc) is 3.27. The van der Waals surface area contributed by atoms with Crippen molar-refractivity contribution in [2.45, 2.75) is 43.4 Å². The molecule has 176 valence electrons. The van der Waals surface area contributed by atoms with Crippen LogP contribution >= 0.6 is 12.6 Å². The molecule has 0 aliphatic carbocycles. The van der Waals surface area contributed by atoms with Crippen LogP contribution in [-0.2, 0) is 25.6 Å². The number of nitrogens with zero attached hydrogens (tertiary/aromatic N) is 1. The highest BCUT2D eigenvalue weighted by atomic mass is 32.1. The van der Waals surface area contributed by atoms with Crippen LogP contribution in [0.5, 0.6) is 5.75 Å². The van der Waals surface area contributed by atoms with Crippen molar-refractivity contribution in [1.82, 2.24) is 15.5 Å². The van der Waals surface area contributed by atoms with Gasteiger partial charge in [0.1, 0.15) is 29.9 Å². The molecule has 1 aromatic carbocycles.